The molecule has 0 aliphatic rings. The summed E-state index contributed by atoms with van der Waals surface area (Å²) in [6.07, 6.45) is 2.28. The molecule has 4 nitrogen and oxygen atoms in total. The van der Waals surface area contributed by atoms with Gasteiger partial charge in [-0.25, -0.2) is 4.98 Å². The summed E-state index contributed by atoms with van der Waals surface area (Å²) in [6.45, 7) is 10.0. The van der Waals surface area contributed by atoms with Gasteiger partial charge in [0, 0.05) is 21.8 Å². The van der Waals surface area contributed by atoms with Crippen molar-refractivity contribution in [3.05, 3.63) is 41.4 Å². The quantitative estimate of drug-likeness (QED) is 0.347. The molecule has 1 atom stereocenters. The van der Waals surface area contributed by atoms with Crippen molar-refractivity contribution in [3.63, 3.8) is 0 Å². The van der Waals surface area contributed by atoms with Crippen LogP contribution in [0, 0.1) is 0 Å². The van der Waals surface area contributed by atoms with Gasteiger partial charge in [0.2, 0.25) is 0 Å². The molecule has 0 aliphatic carbocycles. The molecule has 3 rings (SSSR count). The first kappa shape index (κ1) is 26.6. The van der Waals surface area contributed by atoms with E-state index in [4.69, 9.17) is 21.3 Å². The summed E-state index contributed by atoms with van der Waals surface area (Å²) in [7, 11) is 1.69. The van der Waals surface area contributed by atoms with E-state index < -0.39 is 0 Å². The van der Waals surface area contributed by atoms with Gasteiger partial charge in [-0.05, 0) is 75.8 Å². The molecule has 0 saturated heterocycles. The highest BCUT2D eigenvalue weighted by Gasteiger charge is 2.13. The monoisotopic (exact) mass is 471 g/mol. The second kappa shape index (κ2) is 12.4. The van der Waals surface area contributed by atoms with Gasteiger partial charge in [-0.2, -0.15) is 0 Å². The summed E-state index contributed by atoms with van der Waals surface area (Å²) in [4.78, 5) is 7.27. The number of benzene rings is 2. The molecule has 0 amide bonds. The Morgan fingerprint density at radius 1 is 1.03 bits per heavy atom. The number of pyridine rings is 1. The van der Waals surface area contributed by atoms with E-state index in [0.29, 0.717) is 11.1 Å². The summed E-state index contributed by atoms with van der Waals surface area (Å²) in [6, 6.07) is 12.3. The van der Waals surface area contributed by atoms with Crippen molar-refractivity contribution < 1.29 is 4.74 Å². The van der Waals surface area contributed by atoms with Crippen molar-refractivity contribution in [2.75, 3.05) is 32.1 Å². The normalized spacial score (nSPS) is 11.8. The van der Waals surface area contributed by atoms with Gasteiger partial charge < -0.3 is 15.0 Å². The van der Waals surface area contributed by atoms with E-state index in [2.05, 4.69) is 43.1 Å². The summed E-state index contributed by atoms with van der Waals surface area (Å²) in [5.74, 6) is 0.833. The van der Waals surface area contributed by atoms with Crippen molar-refractivity contribution in [1.29, 1.82) is 0 Å². The third-order valence-corrected chi connectivity index (χ3v) is 5.57. The predicted octanol–water partition coefficient (Wildman–Crippen LogP) is 6.82. The molecular formula is C23H32Cl3N3O. The number of aromatic nitrogens is 1. The molecule has 1 N–H and O–H groups in total. The topological polar surface area (TPSA) is 37.4 Å². The number of nitrogens with one attached hydrogen (secondary N) is 1. The number of methoxy groups -OCH3 is 1. The largest absolute Gasteiger partial charge is 0.497 e. The lowest BCUT2D eigenvalue weighted by Gasteiger charge is -2.22. The molecule has 1 heterocycles. The zero-order chi connectivity index (χ0) is 20.1. The Hall–Kier alpha value is -1.46. The van der Waals surface area contributed by atoms with Crippen molar-refractivity contribution in [3.8, 4) is 5.75 Å². The summed E-state index contributed by atoms with van der Waals surface area (Å²) >= 11 is 6.22. The number of hydrogen-bond acceptors (Lipinski definition) is 4. The van der Waals surface area contributed by atoms with Crippen LogP contribution in [0.25, 0.3) is 21.8 Å². The zero-order valence-electron chi connectivity index (χ0n) is 18.1. The average molecular weight is 473 g/mol. The summed E-state index contributed by atoms with van der Waals surface area (Å²) in [5, 5.41) is 6.61. The lowest BCUT2D eigenvalue weighted by atomic mass is 10.1. The van der Waals surface area contributed by atoms with Crippen LogP contribution in [0.3, 0.4) is 0 Å². The Labute approximate surface area is 197 Å². The smallest absolute Gasteiger partial charge is 0.119 e. The van der Waals surface area contributed by atoms with Crippen LogP contribution in [0.2, 0.25) is 5.02 Å². The minimum Gasteiger partial charge on any atom is -0.497 e. The fourth-order valence-corrected chi connectivity index (χ4v) is 3.82. The Balaban J connectivity index is 0.00000225. The van der Waals surface area contributed by atoms with Gasteiger partial charge in [0.15, 0.2) is 0 Å². The number of halogens is 3. The van der Waals surface area contributed by atoms with Crippen LogP contribution >= 0.6 is 36.4 Å². The molecule has 2 aromatic carbocycles. The van der Waals surface area contributed by atoms with Gasteiger partial charge in [-0.15, -0.1) is 24.8 Å². The van der Waals surface area contributed by atoms with Crippen LogP contribution in [0.4, 0.5) is 5.69 Å². The second-order valence-corrected chi connectivity index (χ2v) is 7.68. The number of fused-ring (bicyclic) bond motifs is 2. The highest BCUT2D eigenvalue weighted by atomic mass is 35.5. The molecule has 0 radical (unpaired) electrons. The molecular weight excluding hydrogens is 441 g/mol. The molecule has 7 heteroatoms. The fraction of sp³-hybridized carbons (Fsp3) is 0.435. The highest BCUT2D eigenvalue weighted by molar-refractivity contribution is 6.31. The van der Waals surface area contributed by atoms with Crippen LogP contribution in [0.5, 0.6) is 5.75 Å². The van der Waals surface area contributed by atoms with E-state index >= 15 is 0 Å². The molecule has 0 aliphatic heterocycles. The molecule has 0 unspecified atom stereocenters. The van der Waals surface area contributed by atoms with Gasteiger partial charge in [0.05, 0.1) is 23.8 Å². The summed E-state index contributed by atoms with van der Waals surface area (Å²) in [5.41, 5.74) is 2.95. The van der Waals surface area contributed by atoms with Gasteiger partial charge >= 0.3 is 0 Å². The number of ether oxygens (including phenoxy) is 1. The highest BCUT2D eigenvalue weighted by Crippen LogP contribution is 2.34. The van der Waals surface area contributed by atoms with E-state index in [1.165, 1.54) is 6.42 Å². The predicted molar refractivity (Wildman–Crippen MR) is 135 cm³/mol. The van der Waals surface area contributed by atoms with Crippen molar-refractivity contribution in [2.24, 2.45) is 0 Å². The maximum absolute atomic E-state index is 6.22. The lowest BCUT2D eigenvalue weighted by Crippen LogP contribution is -2.25. The number of hydrogen-bond donors (Lipinski definition) is 1. The third-order valence-electron chi connectivity index (χ3n) is 5.34. The molecule has 0 spiro atoms. The Morgan fingerprint density at radius 2 is 1.77 bits per heavy atom. The lowest BCUT2D eigenvalue weighted by molar-refractivity contribution is 0.295. The maximum atomic E-state index is 6.22. The minimum absolute atomic E-state index is 0. The average Bonchev–Trinajstić information content (AvgIpc) is 2.70. The molecule has 0 fully saturated rings. The standard InChI is InChI=1S/C23H30ClN3O.2ClH/c1-5-27(6-2)13-7-8-16(3)25-23-19-11-9-17(24)14-22(19)26-21-12-10-18(28-4)15-20(21)23;;/h9-12,14-16H,5-8,13H2,1-4H3,(H,25,26);2*1H/t16-;;/m1../s1. The molecule has 3 aromatic rings. The second-order valence-electron chi connectivity index (χ2n) is 7.25. The Morgan fingerprint density at radius 3 is 2.43 bits per heavy atom. The van der Waals surface area contributed by atoms with E-state index in [1.807, 2.05) is 24.3 Å². The third kappa shape index (κ3) is 6.27. The van der Waals surface area contributed by atoms with Crippen LogP contribution < -0.4 is 10.1 Å². The number of anilines is 1. The molecule has 1 aromatic heterocycles. The van der Waals surface area contributed by atoms with E-state index in [-0.39, 0.29) is 24.8 Å². The van der Waals surface area contributed by atoms with E-state index in [1.54, 1.807) is 7.11 Å². The van der Waals surface area contributed by atoms with E-state index in [0.717, 1.165) is 59.3 Å². The maximum Gasteiger partial charge on any atom is 0.119 e. The van der Waals surface area contributed by atoms with Gasteiger partial charge in [-0.3, -0.25) is 0 Å². The summed E-state index contributed by atoms with van der Waals surface area (Å²) < 4.78 is 5.45. The Kier molecular flexibility index (Phi) is 11.0. The minimum atomic E-state index is 0. The van der Waals surface area contributed by atoms with Crippen LogP contribution in [0.1, 0.15) is 33.6 Å². The first-order chi connectivity index (χ1) is 13.5. The van der Waals surface area contributed by atoms with Gasteiger partial charge in [0.1, 0.15) is 5.75 Å². The first-order valence-electron chi connectivity index (χ1n) is 10.1. The molecule has 0 saturated carbocycles. The number of nitrogens with zero attached hydrogens (tertiary/aromatic N) is 2. The molecule has 166 valence electrons. The molecule has 0 bridgehead atoms. The van der Waals surface area contributed by atoms with Gasteiger partial charge in [0.25, 0.3) is 0 Å². The number of rotatable bonds is 9. The Bertz CT molecular complexity index is 948. The van der Waals surface area contributed by atoms with Crippen molar-refractivity contribution in [2.45, 2.75) is 39.7 Å². The SMILES string of the molecule is CCN(CC)CCC[C@@H](C)Nc1c2ccc(Cl)cc2nc2ccc(OC)cc12.Cl.Cl. The first-order valence-corrected chi connectivity index (χ1v) is 10.5. The van der Waals surface area contributed by atoms with E-state index in [9.17, 15) is 0 Å². The van der Waals surface area contributed by atoms with Crippen molar-refractivity contribution >= 4 is 63.9 Å². The van der Waals surface area contributed by atoms with Crippen LogP contribution in [-0.4, -0.2) is 42.7 Å². The van der Waals surface area contributed by atoms with Gasteiger partial charge in [-0.1, -0.05) is 25.4 Å². The zero-order valence-corrected chi connectivity index (χ0v) is 20.5. The molecule has 30 heavy (non-hydrogen) atoms. The van der Waals surface area contributed by atoms with Crippen LogP contribution in [0.15, 0.2) is 36.4 Å². The fourth-order valence-electron chi connectivity index (χ4n) is 3.66. The van der Waals surface area contributed by atoms with Crippen LogP contribution in [-0.2, 0) is 0 Å². The van der Waals surface area contributed by atoms with Crippen molar-refractivity contribution in [1.82, 2.24) is 9.88 Å².